The molecule has 1 aliphatic rings. The number of hydrogen-bond donors (Lipinski definition) is 0. The van der Waals surface area contributed by atoms with E-state index in [4.69, 9.17) is 4.42 Å². The van der Waals surface area contributed by atoms with Crippen LogP contribution in [-0.2, 0) is 0 Å². The van der Waals surface area contributed by atoms with Crippen molar-refractivity contribution in [1.82, 2.24) is 10.2 Å². The second kappa shape index (κ2) is 2.32. The topological polar surface area (TPSA) is 38.9 Å². The van der Waals surface area contributed by atoms with Gasteiger partial charge in [0.2, 0.25) is 11.8 Å². The van der Waals surface area contributed by atoms with E-state index in [1.54, 1.807) is 0 Å². The Morgan fingerprint density at radius 2 is 2.09 bits per heavy atom. The maximum absolute atomic E-state index is 5.45. The first-order valence-electron chi connectivity index (χ1n) is 4.10. The molecule has 2 rings (SSSR count). The molecular formula is C8H12N2O. The highest BCUT2D eigenvalue weighted by atomic mass is 16.4. The van der Waals surface area contributed by atoms with E-state index in [0.29, 0.717) is 11.8 Å². The normalized spacial score (nSPS) is 17.7. The van der Waals surface area contributed by atoms with Crippen LogP contribution in [0.1, 0.15) is 50.3 Å². The Morgan fingerprint density at radius 1 is 1.36 bits per heavy atom. The van der Waals surface area contributed by atoms with Gasteiger partial charge in [0.15, 0.2) is 0 Å². The Morgan fingerprint density at radius 3 is 2.55 bits per heavy atom. The van der Waals surface area contributed by atoms with Crippen LogP contribution < -0.4 is 0 Å². The molecule has 1 fully saturated rings. The van der Waals surface area contributed by atoms with Crippen LogP contribution in [0.15, 0.2) is 4.42 Å². The van der Waals surface area contributed by atoms with Gasteiger partial charge in [0, 0.05) is 11.8 Å². The van der Waals surface area contributed by atoms with Gasteiger partial charge in [-0.1, -0.05) is 13.8 Å². The van der Waals surface area contributed by atoms with Gasteiger partial charge in [-0.2, -0.15) is 0 Å². The van der Waals surface area contributed by atoms with Gasteiger partial charge in [0.25, 0.3) is 0 Å². The lowest BCUT2D eigenvalue weighted by atomic mass is 10.2. The quantitative estimate of drug-likeness (QED) is 0.651. The third kappa shape index (κ3) is 1.27. The summed E-state index contributed by atoms with van der Waals surface area (Å²) in [5.41, 5.74) is 0. The van der Waals surface area contributed by atoms with Crippen LogP contribution >= 0.6 is 0 Å². The summed E-state index contributed by atoms with van der Waals surface area (Å²) in [7, 11) is 0. The van der Waals surface area contributed by atoms with Crippen LogP contribution in [-0.4, -0.2) is 10.2 Å². The zero-order valence-electron chi connectivity index (χ0n) is 6.87. The second-order valence-corrected chi connectivity index (χ2v) is 3.41. The van der Waals surface area contributed by atoms with E-state index in [-0.39, 0.29) is 0 Å². The number of nitrogens with zero attached hydrogens (tertiary/aromatic N) is 2. The molecule has 0 unspecified atom stereocenters. The molecule has 1 heterocycles. The fourth-order valence-corrected chi connectivity index (χ4v) is 0.975. The maximum atomic E-state index is 5.45. The van der Waals surface area contributed by atoms with Crippen molar-refractivity contribution in [2.24, 2.45) is 0 Å². The molecule has 0 atom stereocenters. The highest BCUT2D eigenvalue weighted by molar-refractivity contribution is 5.01. The van der Waals surface area contributed by atoms with E-state index in [0.717, 1.165) is 11.8 Å². The van der Waals surface area contributed by atoms with Crippen LogP contribution in [0, 0.1) is 0 Å². The summed E-state index contributed by atoms with van der Waals surface area (Å²) < 4.78 is 5.45. The highest BCUT2D eigenvalue weighted by Crippen LogP contribution is 2.39. The summed E-state index contributed by atoms with van der Waals surface area (Å²) in [5, 5.41) is 7.94. The molecule has 0 aliphatic heterocycles. The Hall–Kier alpha value is -0.860. The van der Waals surface area contributed by atoms with E-state index in [1.807, 2.05) is 0 Å². The highest BCUT2D eigenvalue weighted by Gasteiger charge is 2.29. The second-order valence-electron chi connectivity index (χ2n) is 3.41. The Labute approximate surface area is 65.8 Å². The largest absolute Gasteiger partial charge is 0.425 e. The van der Waals surface area contributed by atoms with Crippen molar-refractivity contribution in [2.75, 3.05) is 0 Å². The number of aromatic nitrogens is 2. The zero-order valence-corrected chi connectivity index (χ0v) is 6.87. The molecule has 0 N–H and O–H groups in total. The van der Waals surface area contributed by atoms with Gasteiger partial charge in [-0.05, 0) is 12.8 Å². The molecule has 3 heteroatoms. The summed E-state index contributed by atoms with van der Waals surface area (Å²) in [6.45, 7) is 4.12. The molecule has 0 spiro atoms. The van der Waals surface area contributed by atoms with E-state index < -0.39 is 0 Å². The van der Waals surface area contributed by atoms with Crippen molar-refractivity contribution in [1.29, 1.82) is 0 Å². The first-order chi connectivity index (χ1) is 5.27. The van der Waals surface area contributed by atoms with Crippen molar-refractivity contribution in [2.45, 2.75) is 38.5 Å². The van der Waals surface area contributed by atoms with E-state index in [9.17, 15) is 0 Å². The molecule has 0 amide bonds. The third-order valence-corrected chi connectivity index (χ3v) is 1.88. The molecule has 60 valence electrons. The molecule has 1 saturated carbocycles. The van der Waals surface area contributed by atoms with Crippen molar-refractivity contribution in [3.63, 3.8) is 0 Å². The lowest BCUT2D eigenvalue weighted by Crippen LogP contribution is -1.85. The minimum atomic E-state index is 0.356. The summed E-state index contributed by atoms with van der Waals surface area (Å²) >= 11 is 0. The SMILES string of the molecule is CC(C)c1nnc(C2CC2)o1. The van der Waals surface area contributed by atoms with Gasteiger partial charge in [-0.3, -0.25) is 0 Å². The van der Waals surface area contributed by atoms with Crippen LogP contribution in [0.3, 0.4) is 0 Å². The molecule has 0 aromatic carbocycles. The van der Waals surface area contributed by atoms with Crippen molar-refractivity contribution < 1.29 is 4.42 Å². The molecule has 3 nitrogen and oxygen atoms in total. The van der Waals surface area contributed by atoms with Gasteiger partial charge in [0.1, 0.15) is 0 Å². The first kappa shape index (κ1) is 6.83. The van der Waals surface area contributed by atoms with Gasteiger partial charge in [-0.25, -0.2) is 0 Å². The van der Waals surface area contributed by atoms with Crippen molar-refractivity contribution >= 4 is 0 Å². The summed E-state index contributed by atoms with van der Waals surface area (Å²) in [5.74, 6) is 2.55. The molecule has 1 aromatic heterocycles. The number of hydrogen-bond acceptors (Lipinski definition) is 3. The molecule has 0 saturated heterocycles. The van der Waals surface area contributed by atoms with Gasteiger partial charge < -0.3 is 4.42 Å². The summed E-state index contributed by atoms with van der Waals surface area (Å²) in [6.07, 6.45) is 2.44. The molecular weight excluding hydrogens is 140 g/mol. The minimum absolute atomic E-state index is 0.356. The van der Waals surface area contributed by atoms with Gasteiger partial charge in [-0.15, -0.1) is 10.2 Å². The van der Waals surface area contributed by atoms with Gasteiger partial charge in [0.05, 0.1) is 0 Å². The maximum Gasteiger partial charge on any atom is 0.219 e. The monoisotopic (exact) mass is 152 g/mol. The predicted molar refractivity (Wildman–Crippen MR) is 40.4 cm³/mol. The molecule has 0 bridgehead atoms. The van der Waals surface area contributed by atoms with Gasteiger partial charge >= 0.3 is 0 Å². The predicted octanol–water partition coefficient (Wildman–Crippen LogP) is 2.07. The Balaban J connectivity index is 2.18. The minimum Gasteiger partial charge on any atom is -0.425 e. The molecule has 1 aliphatic carbocycles. The van der Waals surface area contributed by atoms with E-state index in [2.05, 4.69) is 24.0 Å². The smallest absolute Gasteiger partial charge is 0.219 e. The average Bonchev–Trinajstić information content (AvgIpc) is 2.68. The molecule has 1 aromatic rings. The molecule has 11 heavy (non-hydrogen) atoms. The molecule has 0 radical (unpaired) electrons. The van der Waals surface area contributed by atoms with Crippen LogP contribution in [0.25, 0.3) is 0 Å². The summed E-state index contributed by atoms with van der Waals surface area (Å²) in [4.78, 5) is 0. The fourth-order valence-electron chi connectivity index (χ4n) is 0.975. The lowest BCUT2D eigenvalue weighted by molar-refractivity contribution is 0.433. The van der Waals surface area contributed by atoms with Crippen LogP contribution in [0.4, 0.5) is 0 Å². The zero-order chi connectivity index (χ0) is 7.84. The average molecular weight is 152 g/mol. The van der Waals surface area contributed by atoms with Crippen molar-refractivity contribution in [3.8, 4) is 0 Å². The van der Waals surface area contributed by atoms with Crippen LogP contribution in [0.5, 0.6) is 0 Å². The lowest BCUT2D eigenvalue weighted by Gasteiger charge is -1.93. The third-order valence-electron chi connectivity index (χ3n) is 1.88. The Bertz CT molecular complexity index is 234. The Kier molecular flexibility index (Phi) is 1.44. The van der Waals surface area contributed by atoms with E-state index >= 15 is 0 Å². The van der Waals surface area contributed by atoms with Crippen LogP contribution in [0.2, 0.25) is 0 Å². The standard InChI is InChI=1S/C8H12N2O/c1-5(2)7-9-10-8(11-7)6-3-4-6/h5-6H,3-4H2,1-2H3. The number of rotatable bonds is 2. The first-order valence-corrected chi connectivity index (χ1v) is 4.10. The van der Waals surface area contributed by atoms with Crippen molar-refractivity contribution in [3.05, 3.63) is 11.8 Å². The fraction of sp³-hybridized carbons (Fsp3) is 0.750. The van der Waals surface area contributed by atoms with E-state index in [1.165, 1.54) is 12.8 Å². The summed E-state index contributed by atoms with van der Waals surface area (Å²) in [6, 6.07) is 0.